The highest BCUT2D eigenvalue weighted by molar-refractivity contribution is 5.99. The Bertz CT molecular complexity index is 466. The molecule has 3 N–H and O–H groups in total. The lowest BCUT2D eigenvalue weighted by atomic mass is 10.1. The second-order valence-electron chi connectivity index (χ2n) is 4.62. The van der Waals surface area contributed by atoms with Crippen molar-refractivity contribution in [3.8, 4) is 6.07 Å². The minimum absolute atomic E-state index is 0.140. The van der Waals surface area contributed by atoms with E-state index in [2.05, 4.69) is 16.5 Å². The van der Waals surface area contributed by atoms with E-state index >= 15 is 0 Å². The standard InChI is InChI=1S/C13H19N5O/c1-10(2)9-18(7-3-5-14)13(19)11-4-6-16-8-12(11)17-15/h4,6,8,10,17H,3,7,9,15H2,1-2H3. The van der Waals surface area contributed by atoms with Crippen LogP contribution in [0.15, 0.2) is 18.5 Å². The summed E-state index contributed by atoms with van der Waals surface area (Å²) >= 11 is 0. The number of aromatic nitrogens is 1. The number of carbonyl (C=O) groups excluding carboxylic acids is 1. The summed E-state index contributed by atoms with van der Waals surface area (Å²) in [5.74, 6) is 5.57. The quantitative estimate of drug-likeness (QED) is 0.596. The molecule has 6 heteroatoms. The number of nitriles is 1. The van der Waals surface area contributed by atoms with Gasteiger partial charge in [-0.05, 0) is 12.0 Å². The molecule has 0 saturated heterocycles. The van der Waals surface area contributed by atoms with E-state index in [1.807, 2.05) is 13.8 Å². The summed E-state index contributed by atoms with van der Waals surface area (Å²) in [6, 6.07) is 3.68. The molecule has 0 aliphatic heterocycles. The van der Waals surface area contributed by atoms with Crippen LogP contribution in [-0.4, -0.2) is 28.9 Å². The van der Waals surface area contributed by atoms with Gasteiger partial charge in [-0.2, -0.15) is 5.26 Å². The topological polar surface area (TPSA) is 95.0 Å². The summed E-state index contributed by atoms with van der Waals surface area (Å²) in [5.41, 5.74) is 3.42. The van der Waals surface area contributed by atoms with Gasteiger partial charge in [-0.1, -0.05) is 13.8 Å². The van der Waals surface area contributed by atoms with E-state index in [9.17, 15) is 4.79 Å². The number of rotatable bonds is 6. The van der Waals surface area contributed by atoms with Crippen LogP contribution in [0.1, 0.15) is 30.6 Å². The van der Waals surface area contributed by atoms with Gasteiger partial charge in [-0.25, -0.2) is 0 Å². The Morgan fingerprint density at radius 2 is 2.37 bits per heavy atom. The van der Waals surface area contributed by atoms with Gasteiger partial charge in [-0.15, -0.1) is 0 Å². The minimum atomic E-state index is -0.140. The van der Waals surface area contributed by atoms with Crippen molar-refractivity contribution in [1.82, 2.24) is 9.88 Å². The fourth-order valence-electron chi connectivity index (χ4n) is 1.77. The molecular weight excluding hydrogens is 242 g/mol. The zero-order valence-electron chi connectivity index (χ0n) is 11.3. The van der Waals surface area contributed by atoms with Crippen molar-refractivity contribution in [1.29, 1.82) is 5.26 Å². The number of nitrogens with one attached hydrogen (secondary N) is 1. The van der Waals surface area contributed by atoms with Gasteiger partial charge in [0.25, 0.3) is 5.91 Å². The lowest BCUT2D eigenvalue weighted by Crippen LogP contribution is -2.35. The number of nitrogen functional groups attached to an aromatic ring is 1. The molecule has 0 spiro atoms. The van der Waals surface area contributed by atoms with Gasteiger partial charge in [-0.3, -0.25) is 15.6 Å². The van der Waals surface area contributed by atoms with E-state index in [1.54, 1.807) is 17.2 Å². The fraction of sp³-hybridized carbons (Fsp3) is 0.462. The van der Waals surface area contributed by atoms with Crippen LogP contribution in [0.2, 0.25) is 0 Å². The summed E-state index contributed by atoms with van der Waals surface area (Å²) in [7, 11) is 0. The first-order valence-corrected chi connectivity index (χ1v) is 6.17. The first kappa shape index (κ1) is 14.9. The summed E-state index contributed by atoms with van der Waals surface area (Å²) in [5, 5.41) is 8.67. The van der Waals surface area contributed by atoms with Crippen LogP contribution in [0.25, 0.3) is 0 Å². The van der Waals surface area contributed by atoms with Crippen LogP contribution in [-0.2, 0) is 0 Å². The van der Waals surface area contributed by atoms with Gasteiger partial charge >= 0.3 is 0 Å². The molecule has 0 bridgehead atoms. The third-order valence-corrected chi connectivity index (χ3v) is 2.57. The van der Waals surface area contributed by atoms with E-state index < -0.39 is 0 Å². The highest BCUT2D eigenvalue weighted by Gasteiger charge is 2.19. The molecule has 1 heterocycles. The Balaban J connectivity index is 2.94. The average Bonchev–Trinajstić information content (AvgIpc) is 2.42. The molecule has 0 aromatic carbocycles. The van der Waals surface area contributed by atoms with Crippen molar-refractivity contribution in [3.05, 3.63) is 24.0 Å². The Morgan fingerprint density at radius 1 is 1.63 bits per heavy atom. The number of hydrogen-bond acceptors (Lipinski definition) is 5. The molecule has 0 fully saturated rings. The van der Waals surface area contributed by atoms with Crippen LogP contribution in [0.3, 0.4) is 0 Å². The van der Waals surface area contributed by atoms with E-state index in [4.69, 9.17) is 11.1 Å². The predicted octanol–water partition coefficient (Wildman–Crippen LogP) is 1.38. The highest BCUT2D eigenvalue weighted by atomic mass is 16.2. The Morgan fingerprint density at radius 3 is 2.95 bits per heavy atom. The number of nitrogens with zero attached hydrogens (tertiary/aromatic N) is 3. The third kappa shape index (κ3) is 4.23. The van der Waals surface area contributed by atoms with Gasteiger partial charge in [0, 0.05) is 19.3 Å². The van der Waals surface area contributed by atoms with E-state index in [0.717, 1.165) is 0 Å². The lowest BCUT2D eigenvalue weighted by molar-refractivity contribution is 0.0740. The van der Waals surface area contributed by atoms with Crippen LogP contribution < -0.4 is 11.3 Å². The molecule has 1 rings (SSSR count). The van der Waals surface area contributed by atoms with Gasteiger partial charge in [0.15, 0.2) is 0 Å². The number of nitrogens with two attached hydrogens (primary N) is 1. The summed E-state index contributed by atoms with van der Waals surface area (Å²) in [6.07, 6.45) is 3.37. The number of pyridine rings is 1. The second kappa shape index (κ2) is 7.34. The first-order chi connectivity index (χ1) is 9.10. The molecule has 0 aliphatic carbocycles. The number of hydrogen-bond donors (Lipinski definition) is 2. The third-order valence-electron chi connectivity index (χ3n) is 2.57. The van der Waals surface area contributed by atoms with Crippen molar-refractivity contribution in [2.45, 2.75) is 20.3 Å². The predicted molar refractivity (Wildman–Crippen MR) is 73.0 cm³/mol. The fourth-order valence-corrected chi connectivity index (χ4v) is 1.77. The molecule has 1 aromatic rings. The minimum Gasteiger partial charge on any atom is -0.337 e. The van der Waals surface area contributed by atoms with Gasteiger partial charge in [0.1, 0.15) is 0 Å². The van der Waals surface area contributed by atoms with E-state index in [0.29, 0.717) is 36.7 Å². The number of anilines is 1. The molecule has 0 saturated carbocycles. The summed E-state index contributed by atoms with van der Waals surface area (Å²) < 4.78 is 0. The van der Waals surface area contributed by atoms with Crippen LogP contribution in [0.4, 0.5) is 5.69 Å². The summed E-state index contributed by atoms with van der Waals surface area (Å²) in [4.78, 5) is 18.0. The van der Waals surface area contributed by atoms with Crippen LogP contribution in [0.5, 0.6) is 0 Å². The normalized spacial score (nSPS) is 10.1. The lowest BCUT2D eigenvalue weighted by Gasteiger charge is -2.24. The number of amides is 1. The molecule has 102 valence electrons. The van der Waals surface area contributed by atoms with Crippen molar-refractivity contribution in [2.75, 3.05) is 18.5 Å². The molecule has 0 radical (unpaired) electrons. The van der Waals surface area contributed by atoms with Crippen molar-refractivity contribution in [2.24, 2.45) is 11.8 Å². The number of hydrazine groups is 1. The Hall–Kier alpha value is -2.13. The van der Waals surface area contributed by atoms with E-state index in [1.165, 1.54) is 6.20 Å². The monoisotopic (exact) mass is 261 g/mol. The maximum atomic E-state index is 12.5. The summed E-state index contributed by atoms with van der Waals surface area (Å²) in [6.45, 7) is 5.08. The molecule has 1 amide bonds. The first-order valence-electron chi connectivity index (χ1n) is 6.17. The molecule has 0 atom stereocenters. The molecule has 1 aromatic heterocycles. The van der Waals surface area contributed by atoms with Crippen molar-refractivity contribution < 1.29 is 4.79 Å². The smallest absolute Gasteiger partial charge is 0.256 e. The average molecular weight is 261 g/mol. The van der Waals surface area contributed by atoms with Crippen molar-refractivity contribution >= 4 is 11.6 Å². The second-order valence-corrected chi connectivity index (χ2v) is 4.62. The molecular formula is C13H19N5O. The van der Waals surface area contributed by atoms with Crippen LogP contribution >= 0.6 is 0 Å². The zero-order chi connectivity index (χ0) is 14.3. The molecule has 0 unspecified atom stereocenters. The number of carbonyl (C=O) groups is 1. The van der Waals surface area contributed by atoms with Gasteiger partial charge in [0.2, 0.25) is 0 Å². The Kier molecular flexibility index (Phi) is 5.76. The SMILES string of the molecule is CC(C)CN(CCC#N)C(=O)c1ccncc1NN. The zero-order valence-corrected chi connectivity index (χ0v) is 11.3. The maximum absolute atomic E-state index is 12.5. The van der Waals surface area contributed by atoms with E-state index in [-0.39, 0.29) is 5.91 Å². The molecule has 6 nitrogen and oxygen atoms in total. The van der Waals surface area contributed by atoms with Crippen molar-refractivity contribution in [3.63, 3.8) is 0 Å². The highest BCUT2D eigenvalue weighted by Crippen LogP contribution is 2.16. The van der Waals surface area contributed by atoms with Crippen LogP contribution in [0, 0.1) is 17.2 Å². The van der Waals surface area contributed by atoms with Gasteiger partial charge in [0.05, 0.1) is 29.9 Å². The molecule has 19 heavy (non-hydrogen) atoms. The maximum Gasteiger partial charge on any atom is 0.256 e. The van der Waals surface area contributed by atoms with Gasteiger partial charge < -0.3 is 10.3 Å². The molecule has 0 aliphatic rings. The Labute approximate surface area is 113 Å². The largest absolute Gasteiger partial charge is 0.337 e.